The second kappa shape index (κ2) is 8.02. The van der Waals surface area contributed by atoms with Gasteiger partial charge in [0.15, 0.2) is 0 Å². The van der Waals surface area contributed by atoms with E-state index >= 15 is 0 Å². The van der Waals surface area contributed by atoms with Crippen molar-refractivity contribution in [2.75, 3.05) is 19.8 Å². The van der Waals surface area contributed by atoms with Crippen molar-refractivity contribution in [3.05, 3.63) is 46.1 Å². The van der Waals surface area contributed by atoms with Gasteiger partial charge in [-0.3, -0.25) is 14.6 Å². The lowest BCUT2D eigenvalue weighted by molar-refractivity contribution is -0.120. The fourth-order valence-electron chi connectivity index (χ4n) is 2.91. The molecule has 132 valence electrons. The Morgan fingerprint density at radius 3 is 3.04 bits per heavy atom. The first-order chi connectivity index (χ1) is 12.1. The molecule has 1 fully saturated rings. The molecule has 25 heavy (non-hydrogen) atoms. The minimum atomic E-state index is -0.289. The predicted molar refractivity (Wildman–Crippen MR) is 93.1 cm³/mol. The number of aryl methyl sites for hydroxylation is 1. The molecule has 1 unspecified atom stereocenters. The Morgan fingerprint density at radius 1 is 1.48 bits per heavy atom. The molecule has 0 spiro atoms. The van der Waals surface area contributed by atoms with E-state index in [1.807, 2.05) is 6.07 Å². The van der Waals surface area contributed by atoms with Crippen LogP contribution in [0, 0.1) is 12.8 Å². The summed E-state index contributed by atoms with van der Waals surface area (Å²) >= 11 is 0. The fourth-order valence-corrected chi connectivity index (χ4v) is 2.91. The minimum absolute atomic E-state index is 0.0229. The Bertz CT molecular complexity index is 783. The lowest BCUT2D eigenvalue weighted by atomic mass is 10.0. The van der Waals surface area contributed by atoms with Crippen molar-refractivity contribution in [2.45, 2.75) is 26.2 Å². The summed E-state index contributed by atoms with van der Waals surface area (Å²) in [4.78, 5) is 35.7. The van der Waals surface area contributed by atoms with Crippen LogP contribution in [0.2, 0.25) is 0 Å². The highest BCUT2D eigenvalue weighted by atomic mass is 16.5. The maximum absolute atomic E-state index is 12.4. The minimum Gasteiger partial charge on any atom is -0.381 e. The molecule has 0 radical (unpaired) electrons. The highest BCUT2D eigenvalue weighted by molar-refractivity contribution is 5.78. The molecule has 1 saturated heterocycles. The van der Waals surface area contributed by atoms with Gasteiger partial charge in [-0.25, -0.2) is 4.98 Å². The zero-order chi connectivity index (χ0) is 17.6. The number of ether oxygens (including phenoxy) is 1. The second-order valence-electron chi connectivity index (χ2n) is 6.28. The van der Waals surface area contributed by atoms with E-state index in [1.54, 1.807) is 25.4 Å². The molecular formula is C18H22N4O3. The maximum atomic E-state index is 12.4. The van der Waals surface area contributed by atoms with Crippen molar-refractivity contribution in [3.8, 4) is 11.4 Å². The summed E-state index contributed by atoms with van der Waals surface area (Å²) in [6.07, 6.45) is 5.40. The third-order valence-electron chi connectivity index (χ3n) is 4.34. The van der Waals surface area contributed by atoms with Crippen LogP contribution in [0.15, 0.2) is 29.3 Å². The Morgan fingerprint density at radius 2 is 2.36 bits per heavy atom. The van der Waals surface area contributed by atoms with Crippen LogP contribution in [0.5, 0.6) is 0 Å². The van der Waals surface area contributed by atoms with E-state index in [0.29, 0.717) is 36.2 Å². The van der Waals surface area contributed by atoms with Crippen LogP contribution in [-0.2, 0) is 16.0 Å². The van der Waals surface area contributed by atoms with Gasteiger partial charge in [-0.1, -0.05) is 0 Å². The van der Waals surface area contributed by atoms with Crippen LogP contribution in [-0.4, -0.2) is 40.6 Å². The number of amides is 1. The quantitative estimate of drug-likeness (QED) is 0.852. The number of nitrogens with one attached hydrogen (secondary N) is 2. The summed E-state index contributed by atoms with van der Waals surface area (Å²) in [5.74, 6) is 0.636. The molecule has 0 bridgehead atoms. The molecule has 3 rings (SSSR count). The molecule has 2 aromatic heterocycles. The van der Waals surface area contributed by atoms with E-state index in [0.717, 1.165) is 25.0 Å². The summed E-state index contributed by atoms with van der Waals surface area (Å²) in [6, 6.07) is 3.60. The summed E-state index contributed by atoms with van der Waals surface area (Å²) in [5.41, 5.74) is 1.39. The van der Waals surface area contributed by atoms with Crippen LogP contribution in [0.3, 0.4) is 0 Å². The fraction of sp³-hybridized carbons (Fsp3) is 0.444. The Labute approximate surface area is 145 Å². The van der Waals surface area contributed by atoms with Crippen LogP contribution in [0.25, 0.3) is 11.4 Å². The van der Waals surface area contributed by atoms with Gasteiger partial charge >= 0.3 is 0 Å². The number of rotatable bonds is 5. The van der Waals surface area contributed by atoms with Crippen molar-refractivity contribution < 1.29 is 9.53 Å². The van der Waals surface area contributed by atoms with Crippen molar-refractivity contribution in [2.24, 2.45) is 5.92 Å². The van der Waals surface area contributed by atoms with Crippen LogP contribution < -0.4 is 10.9 Å². The molecule has 0 aliphatic carbocycles. The van der Waals surface area contributed by atoms with Crippen LogP contribution in [0.4, 0.5) is 0 Å². The number of hydrogen-bond acceptors (Lipinski definition) is 5. The summed E-state index contributed by atoms with van der Waals surface area (Å²) in [7, 11) is 0. The number of aromatic nitrogens is 3. The molecule has 1 amide bonds. The summed E-state index contributed by atoms with van der Waals surface area (Å²) in [5, 5.41) is 2.89. The van der Waals surface area contributed by atoms with Gasteiger partial charge in [0, 0.05) is 42.4 Å². The van der Waals surface area contributed by atoms with Crippen molar-refractivity contribution in [1.82, 2.24) is 20.3 Å². The first-order valence-corrected chi connectivity index (χ1v) is 8.48. The normalized spacial score (nSPS) is 17.2. The van der Waals surface area contributed by atoms with Gasteiger partial charge < -0.3 is 15.0 Å². The third kappa shape index (κ3) is 4.51. The molecule has 0 aromatic carbocycles. The van der Waals surface area contributed by atoms with Gasteiger partial charge in [-0.15, -0.1) is 0 Å². The van der Waals surface area contributed by atoms with Gasteiger partial charge in [0.25, 0.3) is 5.56 Å². The monoisotopic (exact) mass is 342 g/mol. The Balaban J connectivity index is 1.66. The zero-order valence-corrected chi connectivity index (χ0v) is 14.2. The molecule has 3 heterocycles. The zero-order valence-electron chi connectivity index (χ0n) is 14.2. The van der Waals surface area contributed by atoms with Gasteiger partial charge in [0.05, 0.1) is 13.0 Å². The topological polar surface area (TPSA) is 97.0 Å². The van der Waals surface area contributed by atoms with Crippen molar-refractivity contribution in [3.63, 3.8) is 0 Å². The van der Waals surface area contributed by atoms with E-state index in [4.69, 9.17) is 4.74 Å². The molecule has 7 heteroatoms. The Hall–Kier alpha value is -2.54. The average Bonchev–Trinajstić information content (AvgIpc) is 2.64. The Kier molecular flexibility index (Phi) is 5.55. The first-order valence-electron chi connectivity index (χ1n) is 8.48. The van der Waals surface area contributed by atoms with Crippen LogP contribution in [0.1, 0.15) is 24.1 Å². The number of aromatic amines is 1. The van der Waals surface area contributed by atoms with Gasteiger partial charge in [-0.2, -0.15) is 0 Å². The van der Waals surface area contributed by atoms with Gasteiger partial charge in [-0.05, 0) is 37.8 Å². The molecular weight excluding hydrogens is 320 g/mol. The number of hydrogen-bond donors (Lipinski definition) is 2. The number of H-pyrrole nitrogens is 1. The molecule has 7 nitrogen and oxygen atoms in total. The number of carbonyl (C=O) groups is 1. The molecule has 1 aliphatic heterocycles. The van der Waals surface area contributed by atoms with E-state index < -0.39 is 0 Å². The molecule has 1 atom stereocenters. The smallest absolute Gasteiger partial charge is 0.255 e. The largest absolute Gasteiger partial charge is 0.381 e. The predicted octanol–water partition coefficient (Wildman–Crippen LogP) is 1.23. The number of nitrogens with zero attached hydrogens (tertiary/aromatic N) is 2. The third-order valence-corrected chi connectivity index (χ3v) is 4.34. The standard InChI is InChI=1S/C18H22N4O3/c1-12-15(8-16(23)20-9-13-4-3-7-25-11-13)18(24)22-17(21-12)14-5-2-6-19-10-14/h2,5-6,10,13H,3-4,7-9,11H2,1H3,(H,20,23)(H,21,22,24). The number of carbonyl (C=O) groups excluding carboxylic acids is 1. The summed E-state index contributed by atoms with van der Waals surface area (Å²) < 4.78 is 5.40. The lowest BCUT2D eigenvalue weighted by Crippen LogP contribution is -2.35. The summed E-state index contributed by atoms with van der Waals surface area (Å²) in [6.45, 7) is 3.80. The van der Waals surface area contributed by atoms with Gasteiger partial charge in [0.1, 0.15) is 5.82 Å². The SMILES string of the molecule is Cc1nc(-c2cccnc2)[nH]c(=O)c1CC(=O)NCC1CCCOC1. The molecule has 1 aliphatic rings. The van der Waals surface area contributed by atoms with E-state index in [1.165, 1.54) is 0 Å². The maximum Gasteiger partial charge on any atom is 0.255 e. The number of pyridine rings is 1. The highest BCUT2D eigenvalue weighted by Crippen LogP contribution is 2.14. The second-order valence-corrected chi connectivity index (χ2v) is 6.28. The lowest BCUT2D eigenvalue weighted by Gasteiger charge is -2.22. The van der Waals surface area contributed by atoms with E-state index in [2.05, 4.69) is 20.3 Å². The highest BCUT2D eigenvalue weighted by Gasteiger charge is 2.17. The van der Waals surface area contributed by atoms with Gasteiger partial charge in [0.2, 0.25) is 5.91 Å². The first kappa shape index (κ1) is 17.3. The average molecular weight is 342 g/mol. The molecule has 0 saturated carbocycles. The van der Waals surface area contributed by atoms with E-state index in [-0.39, 0.29) is 17.9 Å². The van der Waals surface area contributed by atoms with Crippen LogP contribution >= 0.6 is 0 Å². The molecule has 2 N–H and O–H groups in total. The molecule has 2 aromatic rings. The van der Waals surface area contributed by atoms with Crippen molar-refractivity contribution >= 4 is 5.91 Å². The van der Waals surface area contributed by atoms with E-state index in [9.17, 15) is 9.59 Å². The van der Waals surface area contributed by atoms with Crippen molar-refractivity contribution in [1.29, 1.82) is 0 Å².